The summed E-state index contributed by atoms with van der Waals surface area (Å²) in [6.07, 6.45) is 10.4. The molecule has 0 aromatic heterocycles. The Kier molecular flexibility index (Phi) is 15.0. The van der Waals surface area contributed by atoms with Crippen molar-refractivity contribution in [1.29, 1.82) is 0 Å². The summed E-state index contributed by atoms with van der Waals surface area (Å²) in [7, 11) is 0. The molecular weight excluding hydrogens is 306 g/mol. The van der Waals surface area contributed by atoms with Crippen molar-refractivity contribution in [1.82, 2.24) is 5.32 Å². The summed E-state index contributed by atoms with van der Waals surface area (Å²) in [5.74, 6) is -0.998. The van der Waals surface area contributed by atoms with Crippen molar-refractivity contribution in [3.63, 3.8) is 0 Å². The monoisotopic (exact) mass is 343 g/mol. The molecule has 1 amide bonds. The maximum atomic E-state index is 12.5. The van der Waals surface area contributed by atoms with Gasteiger partial charge in [0.15, 0.2) is 0 Å². The first-order chi connectivity index (χ1) is 11.6. The van der Waals surface area contributed by atoms with Crippen LogP contribution in [0, 0.1) is 5.92 Å². The topological polar surface area (TPSA) is 86.6 Å². The van der Waals surface area contributed by atoms with Crippen molar-refractivity contribution in [2.45, 2.75) is 90.5 Å². The zero-order valence-electron chi connectivity index (χ0n) is 15.6. The van der Waals surface area contributed by atoms with Gasteiger partial charge in [-0.05, 0) is 12.8 Å². The molecule has 0 aromatic carbocycles. The molecule has 0 spiro atoms. The van der Waals surface area contributed by atoms with Crippen molar-refractivity contribution in [2.24, 2.45) is 5.92 Å². The molecule has 0 aliphatic carbocycles. The molecule has 0 aliphatic rings. The van der Waals surface area contributed by atoms with Crippen molar-refractivity contribution < 1.29 is 19.8 Å². The lowest BCUT2D eigenvalue weighted by Gasteiger charge is -2.19. The van der Waals surface area contributed by atoms with E-state index in [1.165, 1.54) is 12.8 Å². The Bertz CT molecular complexity index is 329. The smallest absolute Gasteiger partial charge is 0.230 e. The van der Waals surface area contributed by atoms with Gasteiger partial charge in [0, 0.05) is 6.42 Å². The maximum absolute atomic E-state index is 12.5. The van der Waals surface area contributed by atoms with Gasteiger partial charge in [-0.25, -0.2) is 0 Å². The lowest BCUT2D eigenvalue weighted by Crippen LogP contribution is -2.45. The molecule has 5 heteroatoms. The van der Waals surface area contributed by atoms with E-state index in [-0.39, 0.29) is 24.9 Å². The van der Waals surface area contributed by atoms with Gasteiger partial charge in [0.1, 0.15) is 5.78 Å². The van der Waals surface area contributed by atoms with E-state index in [9.17, 15) is 9.59 Å². The molecule has 1 unspecified atom stereocenters. The third-order valence-electron chi connectivity index (χ3n) is 4.37. The second kappa shape index (κ2) is 15.6. The molecule has 0 saturated heterocycles. The van der Waals surface area contributed by atoms with Crippen LogP contribution in [0.5, 0.6) is 0 Å². The predicted molar refractivity (Wildman–Crippen MR) is 96.7 cm³/mol. The third-order valence-corrected chi connectivity index (χ3v) is 4.37. The number of Topliss-reactive ketones (excluding diaryl/α,β-unsaturated/α-hetero) is 1. The summed E-state index contributed by atoms with van der Waals surface area (Å²) in [6.45, 7) is 3.63. The zero-order chi connectivity index (χ0) is 18.2. The molecule has 0 heterocycles. The summed E-state index contributed by atoms with van der Waals surface area (Å²) < 4.78 is 0. The lowest BCUT2D eigenvalue weighted by molar-refractivity contribution is -0.135. The highest BCUT2D eigenvalue weighted by molar-refractivity contribution is 6.01. The highest BCUT2D eigenvalue weighted by atomic mass is 16.3. The Morgan fingerprint density at radius 1 is 0.833 bits per heavy atom. The summed E-state index contributed by atoms with van der Waals surface area (Å²) in [6, 6.07) is -0.687. The molecule has 0 bridgehead atoms. The quantitative estimate of drug-likeness (QED) is 0.297. The normalized spacial score (nSPS) is 12.4. The maximum Gasteiger partial charge on any atom is 0.230 e. The Labute approximate surface area is 147 Å². The largest absolute Gasteiger partial charge is 0.394 e. The van der Waals surface area contributed by atoms with E-state index in [4.69, 9.17) is 10.2 Å². The molecular formula is C19H37NO4. The van der Waals surface area contributed by atoms with Crippen LogP contribution in [0.3, 0.4) is 0 Å². The Hall–Kier alpha value is -0.940. The van der Waals surface area contributed by atoms with Crippen molar-refractivity contribution >= 4 is 11.7 Å². The van der Waals surface area contributed by atoms with E-state index >= 15 is 0 Å². The first kappa shape index (κ1) is 23.1. The van der Waals surface area contributed by atoms with Crippen molar-refractivity contribution in [3.8, 4) is 0 Å². The van der Waals surface area contributed by atoms with Gasteiger partial charge >= 0.3 is 0 Å². The number of aliphatic hydroxyl groups excluding tert-OH is 2. The molecule has 0 aliphatic heterocycles. The summed E-state index contributed by atoms with van der Waals surface area (Å²) in [5.41, 5.74) is 0. The second-order valence-corrected chi connectivity index (χ2v) is 6.60. The summed E-state index contributed by atoms with van der Waals surface area (Å²) >= 11 is 0. The van der Waals surface area contributed by atoms with Gasteiger partial charge in [-0.1, -0.05) is 65.2 Å². The van der Waals surface area contributed by atoms with Gasteiger partial charge in [0.05, 0.1) is 25.2 Å². The fourth-order valence-electron chi connectivity index (χ4n) is 2.74. The average Bonchev–Trinajstić information content (AvgIpc) is 2.59. The number of hydrogen-bond donors (Lipinski definition) is 3. The molecule has 0 radical (unpaired) electrons. The van der Waals surface area contributed by atoms with Gasteiger partial charge < -0.3 is 15.5 Å². The van der Waals surface area contributed by atoms with Crippen LogP contribution in [0.4, 0.5) is 0 Å². The Morgan fingerprint density at radius 3 is 1.92 bits per heavy atom. The minimum atomic E-state index is -0.687. The highest BCUT2D eigenvalue weighted by Crippen LogP contribution is 2.17. The van der Waals surface area contributed by atoms with Gasteiger partial charge in [-0.15, -0.1) is 0 Å². The number of amides is 1. The number of carbonyl (C=O) groups is 2. The Balaban J connectivity index is 4.48. The molecule has 3 N–H and O–H groups in total. The molecule has 0 fully saturated rings. The van der Waals surface area contributed by atoms with Crippen LogP contribution in [0.15, 0.2) is 0 Å². The number of hydrogen-bond acceptors (Lipinski definition) is 4. The summed E-state index contributed by atoms with van der Waals surface area (Å²) in [5, 5.41) is 20.8. The predicted octanol–water partition coefficient (Wildman–Crippen LogP) is 2.97. The van der Waals surface area contributed by atoms with E-state index in [2.05, 4.69) is 19.2 Å². The number of carbonyl (C=O) groups excluding carboxylic acids is 2. The van der Waals surface area contributed by atoms with Crippen LogP contribution in [-0.2, 0) is 9.59 Å². The second-order valence-electron chi connectivity index (χ2n) is 6.60. The van der Waals surface area contributed by atoms with Crippen LogP contribution in [0.1, 0.15) is 84.5 Å². The fraction of sp³-hybridized carbons (Fsp3) is 0.895. The highest BCUT2D eigenvalue weighted by Gasteiger charge is 2.26. The first-order valence-electron chi connectivity index (χ1n) is 9.65. The van der Waals surface area contributed by atoms with Crippen LogP contribution in [-0.4, -0.2) is 41.2 Å². The Morgan fingerprint density at radius 2 is 1.38 bits per heavy atom. The van der Waals surface area contributed by atoms with E-state index in [1.54, 1.807) is 0 Å². The van der Waals surface area contributed by atoms with Gasteiger partial charge in [0.2, 0.25) is 5.91 Å². The average molecular weight is 344 g/mol. The minimum absolute atomic E-state index is 0.00451. The molecule has 1 atom stereocenters. The number of unbranched alkanes of at least 4 members (excludes halogenated alkanes) is 7. The van der Waals surface area contributed by atoms with Gasteiger partial charge in [0.25, 0.3) is 0 Å². The SMILES string of the molecule is CCCCCCCC(=O)C(CCCCCC)C(=O)NC(CO)CO. The minimum Gasteiger partial charge on any atom is -0.394 e. The number of nitrogens with one attached hydrogen (secondary N) is 1. The lowest BCUT2D eigenvalue weighted by atomic mass is 9.92. The summed E-state index contributed by atoms with van der Waals surface area (Å²) in [4.78, 5) is 24.8. The standard InChI is InChI=1S/C19H37NO4/c1-3-5-7-9-11-13-18(23)17(12-10-8-6-4-2)19(24)20-16(14-21)15-22/h16-17,21-22H,3-15H2,1-2H3,(H,20,24). The first-order valence-corrected chi connectivity index (χ1v) is 9.65. The molecule has 0 rings (SSSR count). The van der Waals surface area contributed by atoms with Gasteiger partial charge in [-0.3, -0.25) is 9.59 Å². The van der Waals surface area contributed by atoms with E-state index in [0.717, 1.165) is 44.9 Å². The fourth-order valence-corrected chi connectivity index (χ4v) is 2.74. The molecule has 24 heavy (non-hydrogen) atoms. The third kappa shape index (κ3) is 10.8. The number of rotatable bonds is 16. The van der Waals surface area contributed by atoms with Gasteiger partial charge in [-0.2, -0.15) is 0 Å². The van der Waals surface area contributed by atoms with Crippen LogP contribution >= 0.6 is 0 Å². The molecule has 0 saturated carbocycles. The molecule has 5 nitrogen and oxygen atoms in total. The van der Waals surface area contributed by atoms with E-state index in [0.29, 0.717) is 12.8 Å². The van der Waals surface area contributed by atoms with E-state index < -0.39 is 12.0 Å². The molecule has 142 valence electrons. The van der Waals surface area contributed by atoms with Crippen molar-refractivity contribution in [3.05, 3.63) is 0 Å². The van der Waals surface area contributed by atoms with Crippen LogP contribution < -0.4 is 5.32 Å². The molecule has 0 aromatic rings. The number of ketones is 1. The van der Waals surface area contributed by atoms with E-state index in [1.807, 2.05) is 0 Å². The van der Waals surface area contributed by atoms with Crippen molar-refractivity contribution in [2.75, 3.05) is 13.2 Å². The zero-order valence-corrected chi connectivity index (χ0v) is 15.6. The number of aliphatic hydroxyl groups is 2. The van der Waals surface area contributed by atoms with Crippen LogP contribution in [0.2, 0.25) is 0 Å². The van der Waals surface area contributed by atoms with Crippen LogP contribution in [0.25, 0.3) is 0 Å².